The maximum absolute atomic E-state index is 6.22. The van der Waals surface area contributed by atoms with Gasteiger partial charge in [0.25, 0.3) is 0 Å². The SMILES string of the molecule is CCC(N)CN1CC(C(C)C)Oc2ccc(C(C)(C)C)cc21. The van der Waals surface area contributed by atoms with Crippen molar-refractivity contribution in [3.8, 4) is 5.75 Å². The lowest BCUT2D eigenvalue weighted by Gasteiger charge is -2.39. The molecule has 2 unspecified atom stereocenters. The van der Waals surface area contributed by atoms with Crippen LogP contribution in [-0.2, 0) is 5.41 Å². The Bertz CT molecular complexity index is 505. The lowest BCUT2D eigenvalue weighted by atomic mass is 9.86. The van der Waals surface area contributed by atoms with Crippen molar-refractivity contribution in [2.45, 2.75) is 65.5 Å². The molecule has 0 bridgehead atoms. The molecule has 2 N–H and O–H groups in total. The van der Waals surface area contributed by atoms with Crippen LogP contribution in [0.1, 0.15) is 53.5 Å². The predicted octanol–water partition coefficient (Wildman–Crippen LogP) is 3.94. The molecule has 0 amide bonds. The Morgan fingerprint density at radius 3 is 2.55 bits per heavy atom. The lowest BCUT2D eigenvalue weighted by molar-refractivity contribution is 0.145. The molecule has 1 aliphatic rings. The summed E-state index contributed by atoms with van der Waals surface area (Å²) in [4.78, 5) is 2.42. The average molecular weight is 304 g/mol. The standard InChI is InChI=1S/C19H32N2O/c1-7-15(20)11-21-12-18(13(2)3)22-17-9-8-14(10-16(17)21)19(4,5)6/h8-10,13,15,18H,7,11-12,20H2,1-6H3. The number of rotatable bonds is 4. The van der Waals surface area contributed by atoms with E-state index in [0.717, 1.165) is 25.3 Å². The van der Waals surface area contributed by atoms with E-state index in [1.807, 2.05) is 0 Å². The third-order valence-electron chi connectivity index (χ3n) is 4.57. The van der Waals surface area contributed by atoms with E-state index < -0.39 is 0 Å². The van der Waals surface area contributed by atoms with Crippen LogP contribution >= 0.6 is 0 Å². The second-order valence-electron chi connectivity index (χ2n) is 7.91. The lowest BCUT2D eigenvalue weighted by Crippen LogP contribution is -2.47. The molecule has 1 aromatic carbocycles. The summed E-state index contributed by atoms with van der Waals surface area (Å²) in [6, 6.07) is 6.82. The first-order valence-corrected chi connectivity index (χ1v) is 8.54. The summed E-state index contributed by atoms with van der Waals surface area (Å²) >= 11 is 0. The van der Waals surface area contributed by atoms with Crippen LogP contribution in [0.5, 0.6) is 5.75 Å². The number of anilines is 1. The molecule has 0 fully saturated rings. The minimum absolute atomic E-state index is 0.141. The van der Waals surface area contributed by atoms with Crippen LogP contribution in [0.2, 0.25) is 0 Å². The van der Waals surface area contributed by atoms with Gasteiger partial charge in [-0.3, -0.25) is 0 Å². The van der Waals surface area contributed by atoms with Gasteiger partial charge in [-0.2, -0.15) is 0 Å². The molecular formula is C19H32N2O. The molecule has 2 rings (SSSR count). The van der Waals surface area contributed by atoms with Crippen LogP contribution in [0.3, 0.4) is 0 Å². The van der Waals surface area contributed by atoms with Crippen molar-refractivity contribution in [3.05, 3.63) is 23.8 Å². The highest BCUT2D eigenvalue weighted by Crippen LogP contribution is 2.38. The van der Waals surface area contributed by atoms with E-state index in [4.69, 9.17) is 10.5 Å². The molecule has 3 heteroatoms. The van der Waals surface area contributed by atoms with Crippen LogP contribution in [-0.4, -0.2) is 25.2 Å². The summed E-state index contributed by atoms with van der Waals surface area (Å²) in [5, 5.41) is 0. The summed E-state index contributed by atoms with van der Waals surface area (Å²) in [6.45, 7) is 15.1. The van der Waals surface area contributed by atoms with Crippen molar-refractivity contribution >= 4 is 5.69 Å². The molecule has 1 aromatic rings. The van der Waals surface area contributed by atoms with E-state index in [2.05, 4.69) is 64.6 Å². The third kappa shape index (κ3) is 3.75. The van der Waals surface area contributed by atoms with E-state index in [9.17, 15) is 0 Å². The number of nitrogens with zero attached hydrogens (tertiary/aromatic N) is 1. The number of nitrogens with two attached hydrogens (primary N) is 1. The van der Waals surface area contributed by atoms with Gasteiger partial charge < -0.3 is 15.4 Å². The van der Waals surface area contributed by atoms with Gasteiger partial charge in [-0.25, -0.2) is 0 Å². The van der Waals surface area contributed by atoms with Crippen molar-refractivity contribution in [1.29, 1.82) is 0 Å². The second kappa shape index (κ2) is 6.49. The first-order chi connectivity index (χ1) is 10.2. The fourth-order valence-electron chi connectivity index (χ4n) is 2.78. The van der Waals surface area contributed by atoms with Gasteiger partial charge in [-0.05, 0) is 35.4 Å². The maximum Gasteiger partial charge on any atom is 0.143 e. The molecule has 2 atom stereocenters. The molecule has 0 saturated carbocycles. The van der Waals surface area contributed by atoms with E-state index in [-0.39, 0.29) is 17.6 Å². The van der Waals surface area contributed by atoms with Crippen LogP contribution in [0, 0.1) is 5.92 Å². The van der Waals surface area contributed by atoms with Gasteiger partial charge in [0.15, 0.2) is 0 Å². The average Bonchev–Trinajstić information content (AvgIpc) is 2.45. The summed E-state index contributed by atoms with van der Waals surface area (Å²) < 4.78 is 6.22. The molecule has 1 aliphatic heterocycles. The summed E-state index contributed by atoms with van der Waals surface area (Å²) in [5.41, 5.74) is 8.91. The quantitative estimate of drug-likeness (QED) is 0.915. The van der Waals surface area contributed by atoms with Gasteiger partial charge in [0.05, 0.1) is 12.2 Å². The maximum atomic E-state index is 6.22. The first kappa shape index (κ1) is 17.1. The van der Waals surface area contributed by atoms with Crippen LogP contribution in [0.25, 0.3) is 0 Å². The van der Waals surface area contributed by atoms with Crippen molar-refractivity contribution < 1.29 is 4.74 Å². The molecule has 0 spiro atoms. The zero-order chi connectivity index (χ0) is 16.5. The summed E-state index contributed by atoms with van der Waals surface area (Å²) in [5.74, 6) is 1.50. The Balaban J connectivity index is 2.37. The second-order valence-corrected chi connectivity index (χ2v) is 7.91. The largest absolute Gasteiger partial charge is 0.486 e. The minimum atomic E-state index is 0.141. The van der Waals surface area contributed by atoms with Crippen molar-refractivity contribution in [1.82, 2.24) is 0 Å². The molecule has 0 aliphatic carbocycles. The number of benzene rings is 1. The Kier molecular flexibility index (Phi) is 5.06. The Morgan fingerprint density at radius 2 is 2.00 bits per heavy atom. The smallest absolute Gasteiger partial charge is 0.143 e. The summed E-state index contributed by atoms with van der Waals surface area (Å²) in [7, 11) is 0. The van der Waals surface area contributed by atoms with E-state index >= 15 is 0 Å². The van der Waals surface area contributed by atoms with Crippen molar-refractivity contribution in [2.24, 2.45) is 11.7 Å². The van der Waals surface area contributed by atoms with E-state index in [0.29, 0.717) is 5.92 Å². The Hall–Kier alpha value is -1.22. The van der Waals surface area contributed by atoms with Gasteiger partial charge in [0.2, 0.25) is 0 Å². The number of fused-ring (bicyclic) bond motifs is 1. The predicted molar refractivity (Wildman–Crippen MR) is 94.9 cm³/mol. The highest BCUT2D eigenvalue weighted by molar-refractivity contribution is 5.62. The summed E-state index contributed by atoms with van der Waals surface area (Å²) in [6.07, 6.45) is 1.23. The normalized spacial score (nSPS) is 19.8. The van der Waals surface area contributed by atoms with Gasteiger partial charge in [0, 0.05) is 12.6 Å². The number of ether oxygens (including phenoxy) is 1. The molecule has 124 valence electrons. The Morgan fingerprint density at radius 1 is 1.32 bits per heavy atom. The molecule has 3 nitrogen and oxygen atoms in total. The van der Waals surface area contributed by atoms with Crippen LogP contribution < -0.4 is 15.4 Å². The van der Waals surface area contributed by atoms with Gasteiger partial charge in [-0.15, -0.1) is 0 Å². The van der Waals surface area contributed by atoms with Crippen molar-refractivity contribution in [3.63, 3.8) is 0 Å². The third-order valence-corrected chi connectivity index (χ3v) is 4.57. The molecule has 22 heavy (non-hydrogen) atoms. The van der Waals surface area contributed by atoms with Gasteiger partial charge in [0.1, 0.15) is 11.9 Å². The topological polar surface area (TPSA) is 38.5 Å². The number of hydrogen-bond donors (Lipinski definition) is 1. The zero-order valence-electron chi connectivity index (χ0n) is 15.0. The highest BCUT2D eigenvalue weighted by atomic mass is 16.5. The van der Waals surface area contributed by atoms with Gasteiger partial charge >= 0.3 is 0 Å². The van der Waals surface area contributed by atoms with Crippen LogP contribution in [0.15, 0.2) is 18.2 Å². The zero-order valence-corrected chi connectivity index (χ0v) is 15.0. The monoisotopic (exact) mass is 304 g/mol. The molecule has 0 radical (unpaired) electrons. The molecule has 0 aromatic heterocycles. The van der Waals surface area contributed by atoms with E-state index in [1.54, 1.807) is 0 Å². The minimum Gasteiger partial charge on any atom is -0.486 e. The van der Waals surface area contributed by atoms with E-state index in [1.165, 1.54) is 11.3 Å². The van der Waals surface area contributed by atoms with Gasteiger partial charge in [-0.1, -0.05) is 47.6 Å². The fourth-order valence-corrected chi connectivity index (χ4v) is 2.78. The Labute approximate surface area is 135 Å². The first-order valence-electron chi connectivity index (χ1n) is 8.54. The fraction of sp³-hybridized carbons (Fsp3) is 0.684. The number of hydrogen-bond acceptors (Lipinski definition) is 3. The molecule has 1 heterocycles. The highest BCUT2D eigenvalue weighted by Gasteiger charge is 2.29. The van der Waals surface area contributed by atoms with Crippen molar-refractivity contribution in [2.75, 3.05) is 18.0 Å². The molecular weight excluding hydrogens is 272 g/mol. The van der Waals surface area contributed by atoms with Crippen LogP contribution in [0.4, 0.5) is 5.69 Å². The molecule has 0 saturated heterocycles.